The van der Waals surface area contributed by atoms with E-state index in [0.29, 0.717) is 32.0 Å². The van der Waals surface area contributed by atoms with Crippen LogP contribution in [0.25, 0.3) is 0 Å². The van der Waals surface area contributed by atoms with Crippen LogP contribution in [-0.2, 0) is 14.1 Å². The zero-order chi connectivity index (χ0) is 17.4. The Balaban J connectivity index is 1.87. The molecule has 2 aliphatic heterocycles. The van der Waals surface area contributed by atoms with Gasteiger partial charge in [-0.2, -0.15) is 5.26 Å². The summed E-state index contributed by atoms with van der Waals surface area (Å²) in [5, 5.41) is 12.2. The lowest BCUT2D eigenvalue weighted by Gasteiger charge is -2.37. The van der Waals surface area contributed by atoms with Gasteiger partial charge in [-0.1, -0.05) is 0 Å². The molecular weight excluding hydrogens is 312 g/mol. The third-order valence-corrected chi connectivity index (χ3v) is 4.84. The molecule has 1 aromatic heterocycles. The molecule has 1 N–H and O–H groups in total. The Morgan fingerprint density at radius 2 is 1.75 bits per heavy atom. The minimum absolute atomic E-state index is 0.0167. The molecule has 0 radical (unpaired) electrons. The first kappa shape index (κ1) is 16.1. The molecule has 0 atom stereocenters. The fraction of sp³-hybridized carbons (Fsp3) is 0.600. The zero-order valence-corrected chi connectivity index (χ0v) is 13.8. The summed E-state index contributed by atoms with van der Waals surface area (Å²) in [5.74, 6) is 0.370. The molecule has 0 spiro atoms. The summed E-state index contributed by atoms with van der Waals surface area (Å²) in [6.07, 6.45) is 1.48. The molecule has 1 aromatic rings. The summed E-state index contributed by atoms with van der Waals surface area (Å²) in [4.78, 5) is 39.9. The number of anilines is 1. The smallest absolute Gasteiger partial charge is 0.332 e. The number of hydrogen-bond donors (Lipinski definition) is 1. The fourth-order valence-electron chi connectivity index (χ4n) is 3.53. The van der Waals surface area contributed by atoms with Gasteiger partial charge in [0, 0.05) is 46.3 Å². The number of nitrogens with zero attached hydrogens (tertiary/aromatic N) is 5. The van der Waals surface area contributed by atoms with Gasteiger partial charge in [-0.3, -0.25) is 13.9 Å². The van der Waals surface area contributed by atoms with Crippen molar-refractivity contribution in [2.75, 3.05) is 31.1 Å². The number of hydrogen-bond acceptors (Lipinski definition) is 5. The normalized spacial score (nSPS) is 18.6. The van der Waals surface area contributed by atoms with E-state index in [4.69, 9.17) is 0 Å². The summed E-state index contributed by atoms with van der Waals surface area (Å²) in [5.41, 5.74) is -1.04. The Hall–Kier alpha value is -2.76. The largest absolute Gasteiger partial charge is 0.356 e. The van der Waals surface area contributed by atoms with E-state index in [0.717, 1.165) is 17.4 Å². The Morgan fingerprint density at radius 3 is 2.29 bits per heavy atom. The highest BCUT2D eigenvalue weighted by Gasteiger charge is 2.32. The average Bonchev–Trinajstić information content (AvgIpc) is 3.02. The first-order chi connectivity index (χ1) is 11.5. The second-order valence-corrected chi connectivity index (χ2v) is 6.16. The van der Waals surface area contributed by atoms with Gasteiger partial charge in [-0.25, -0.2) is 9.59 Å². The molecule has 0 aromatic carbocycles. The third-order valence-electron chi connectivity index (χ3n) is 4.84. The van der Waals surface area contributed by atoms with Crippen LogP contribution in [0.3, 0.4) is 0 Å². The fourth-order valence-corrected chi connectivity index (χ4v) is 3.53. The number of amides is 2. The molecule has 2 amide bonds. The van der Waals surface area contributed by atoms with Crippen molar-refractivity contribution < 1.29 is 4.79 Å². The molecule has 3 rings (SSSR count). The molecule has 0 aliphatic carbocycles. The molecule has 9 nitrogen and oxygen atoms in total. The minimum atomic E-state index is -0.573. The van der Waals surface area contributed by atoms with Crippen LogP contribution in [0.1, 0.15) is 18.4 Å². The maximum absolute atomic E-state index is 12.2. The number of rotatable bonds is 2. The molecule has 24 heavy (non-hydrogen) atoms. The van der Waals surface area contributed by atoms with Crippen molar-refractivity contribution in [1.29, 1.82) is 5.26 Å². The van der Waals surface area contributed by atoms with Gasteiger partial charge in [0.25, 0.3) is 5.56 Å². The number of carbonyl (C=O) groups is 1. The van der Waals surface area contributed by atoms with Crippen LogP contribution in [0.4, 0.5) is 10.6 Å². The standard InChI is InChI=1S/C15H20N6O3/c1-18-12(11(9-16)13(22)19(2)15(18)24)20-6-3-10(4-7-20)21-8-5-17-14(21)23/h10H,3-8H2,1-2H3,(H,17,23). The topological polar surface area (TPSA) is 103 Å². The summed E-state index contributed by atoms with van der Waals surface area (Å²) >= 11 is 0. The first-order valence-electron chi connectivity index (χ1n) is 7.95. The number of piperidine rings is 1. The van der Waals surface area contributed by atoms with E-state index in [9.17, 15) is 19.6 Å². The molecule has 9 heteroatoms. The molecule has 2 aliphatic rings. The van der Waals surface area contributed by atoms with Crippen molar-refractivity contribution in [3.8, 4) is 6.07 Å². The predicted octanol–water partition coefficient (Wildman–Crippen LogP) is -1.05. The quantitative estimate of drug-likeness (QED) is 0.744. The van der Waals surface area contributed by atoms with Gasteiger partial charge in [0.05, 0.1) is 0 Å². The van der Waals surface area contributed by atoms with Crippen LogP contribution >= 0.6 is 0 Å². The third kappa shape index (κ3) is 2.44. The van der Waals surface area contributed by atoms with Crippen LogP contribution in [0.5, 0.6) is 0 Å². The van der Waals surface area contributed by atoms with Gasteiger partial charge in [0.2, 0.25) is 0 Å². The van der Waals surface area contributed by atoms with Crippen LogP contribution in [0, 0.1) is 11.3 Å². The van der Waals surface area contributed by atoms with Crippen molar-refractivity contribution in [2.24, 2.45) is 14.1 Å². The van der Waals surface area contributed by atoms with Gasteiger partial charge >= 0.3 is 11.7 Å². The van der Waals surface area contributed by atoms with E-state index >= 15 is 0 Å². The number of aromatic nitrogens is 2. The van der Waals surface area contributed by atoms with Crippen molar-refractivity contribution in [3.05, 3.63) is 26.4 Å². The van der Waals surface area contributed by atoms with Crippen molar-refractivity contribution >= 4 is 11.8 Å². The van der Waals surface area contributed by atoms with Gasteiger partial charge < -0.3 is 15.1 Å². The number of nitriles is 1. The Labute approximate surface area is 138 Å². The average molecular weight is 332 g/mol. The first-order valence-corrected chi connectivity index (χ1v) is 7.95. The maximum atomic E-state index is 12.2. The van der Waals surface area contributed by atoms with Crippen LogP contribution in [0.15, 0.2) is 9.59 Å². The van der Waals surface area contributed by atoms with E-state index in [1.165, 1.54) is 11.6 Å². The second-order valence-electron chi connectivity index (χ2n) is 6.16. The molecule has 3 heterocycles. The van der Waals surface area contributed by atoms with Crippen molar-refractivity contribution in [2.45, 2.75) is 18.9 Å². The van der Waals surface area contributed by atoms with E-state index in [1.807, 2.05) is 15.9 Å². The van der Waals surface area contributed by atoms with E-state index in [1.54, 1.807) is 7.05 Å². The van der Waals surface area contributed by atoms with Gasteiger partial charge in [0.15, 0.2) is 5.56 Å². The molecule has 0 bridgehead atoms. The van der Waals surface area contributed by atoms with Gasteiger partial charge in [0.1, 0.15) is 11.9 Å². The highest BCUT2D eigenvalue weighted by Crippen LogP contribution is 2.23. The lowest BCUT2D eigenvalue weighted by Crippen LogP contribution is -2.49. The molecule has 2 fully saturated rings. The number of nitrogens with one attached hydrogen (secondary N) is 1. The lowest BCUT2D eigenvalue weighted by molar-refractivity contribution is 0.186. The molecular formula is C15H20N6O3. The van der Waals surface area contributed by atoms with Crippen molar-refractivity contribution in [3.63, 3.8) is 0 Å². The summed E-state index contributed by atoms with van der Waals surface area (Å²) in [6, 6.07) is 2.05. The molecule has 0 unspecified atom stereocenters. The summed E-state index contributed by atoms with van der Waals surface area (Å²) < 4.78 is 2.30. The van der Waals surface area contributed by atoms with E-state index in [-0.39, 0.29) is 17.6 Å². The van der Waals surface area contributed by atoms with Crippen LogP contribution in [0.2, 0.25) is 0 Å². The Morgan fingerprint density at radius 1 is 1.08 bits per heavy atom. The predicted molar refractivity (Wildman–Crippen MR) is 87.0 cm³/mol. The summed E-state index contributed by atoms with van der Waals surface area (Å²) in [6.45, 7) is 2.55. The lowest BCUT2D eigenvalue weighted by atomic mass is 10.0. The summed E-state index contributed by atoms with van der Waals surface area (Å²) in [7, 11) is 2.94. The maximum Gasteiger partial charge on any atom is 0.332 e. The number of urea groups is 1. The second kappa shape index (κ2) is 6.03. The van der Waals surface area contributed by atoms with E-state index < -0.39 is 11.2 Å². The number of carbonyl (C=O) groups excluding carboxylic acids is 1. The monoisotopic (exact) mass is 332 g/mol. The Kier molecular flexibility index (Phi) is 4.05. The molecule has 128 valence electrons. The Bertz CT molecular complexity index is 825. The van der Waals surface area contributed by atoms with Gasteiger partial charge in [-0.05, 0) is 12.8 Å². The minimum Gasteiger partial charge on any atom is -0.356 e. The van der Waals surface area contributed by atoms with Gasteiger partial charge in [-0.15, -0.1) is 0 Å². The zero-order valence-electron chi connectivity index (χ0n) is 13.8. The highest BCUT2D eigenvalue weighted by molar-refractivity contribution is 5.76. The van der Waals surface area contributed by atoms with E-state index in [2.05, 4.69) is 5.32 Å². The van der Waals surface area contributed by atoms with Crippen molar-refractivity contribution in [1.82, 2.24) is 19.4 Å². The highest BCUT2D eigenvalue weighted by atomic mass is 16.2. The van der Waals surface area contributed by atoms with Crippen LogP contribution < -0.4 is 21.5 Å². The van der Waals surface area contributed by atoms with Crippen LogP contribution in [-0.4, -0.2) is 52.3 Å². The molecule has 2 saturated heterocycles. The SMILES string of the molecule is Cn1c(N2CCC(N3CCNC3=O)CC2)c(C#N)c(=O)n(C)c1=O. The molecule has 0 saturated carbocycles.